The Morgan fingerprint density at radius 2 is 2.05 bits per heavy atom. The van der Waals surface area contributed by atoms with Crippen LogP contribution >= 0.6 is 9.24 Å². The Morgan fingerprint density at radius 1 is 1.23 bits per heavy atom. The summed E-state index contributed by atoms with van der Waals surface area (Å²) in [5.74, 6) is 10.4. The molecular formula is C20H36NP. The van der Waals surface area contributed by atoms with Gasteiger partial charge in [-0.3, -0.25) is 0 Å². The number of hydrogen-bond donors (Lipinski definition) is 1. The molecule has 2 fully saturated rings. The maximum atomic E-state index is 5.98. The van der Waals surface area contributed by atoms with E-state index in [1.807, 2.05) is 0 Å². The van der Waals surface area contributed by atoms with E-state index in [4.69, 9.17) is 5.73 Å². The van der Waals surface area contributed by atoms with Gasteiger partial charge in [-0.25, -0.2) is 0 Å². The highest BCUT2D eigenvalue weighted by Gasteiger charge is 2.39. The summed E-state index contributed by atoms with van der Waals surface area (Å²) in [6, 6.07) is 0. The van der Waals surface area contributed by atoms with E-state index in [2.05, 4.69) is 34.9 Å². The van der Waals surface area contributed by atoms with Crippen LogP contribution in [0.25, 0.3) is 0 Å². The van der Waals surface area contributed by atoms with Crippen molar-refractivity contribution < 1.29 is 0 Å². The Hall–Kier alpha value is -0.0500. The van der Waals surface area contributed by atoms with Crippen LogP contribution in [0.3, 0.4) is 0 Å². The Kier molecular flexibility index (Phi) is 7.24. The summed E-state index contributed by atoms with van der Waals surface area (Å²) < 4.78 is 0. The van der Waals surface area contributed by atoms with Gasteiger partial charge in [0.25, 0.3) is 0 Å². The van der Waals surface area contributed by atoms with Crippen LogP contribution in [0.5, 0.6) is 0 Å². The van der Waals surface area contributed by atoms with Crippen molar-refractivity contribution in [3.8, 4) is 11.8 Å². The molecule has 0 aliphatic heterocycles. The fourth-order valence-corrected chi connectivity index (χ4v) is 4.90. The van der Waals surface area contributed by atoms with Gasteiger partial charge in [0.05, 0.1) is 0 Å². The van der Waals surface area contributed by atoms with Crippen LogP contribution in [0.4, 0.5) is 0 Å². The molecule has 0 aromatic heterocycles. The average Bonchev–Trinajstić information content (AvgIpc) is 2.55. The zero-order chi connectivity index (χ0) is 16.0. The molecule has 0 aromatic carbocycles. The molecule has 0 heterocycles. The number of nitrogens with two attached hydrogens (primary N) is 1. The van der Waals surface area contributed by atoms with E-state index < -0.39 is 0 Å². The lowest BCUT2D eigenvalue weighted by atomic mass is 9.64. The minimum atomic E-state index is 0.340. The van der Waals surface area contributed by atoms with Crippen molar-refractivity contribution in [1.82, 2.24) is 0 Å². The highest BCUT2D eigenvalue weighted by molar-refractivity contribution is 7.19. The monoisotopic (exact) mass is 321 g/mol. The molecule has 0 bridgehead atoms. The molecule has 0 amide bonds. The zero-order valence-corrected chi connectivity index (χ0v) is 15.9. The summed E-state index contributed by atoms with van der Waals surface area (Å²) in [6.45, 7) is 5.40. The van der Waals surface area contributed by atoms with Gasteiger partial charge < -0.3 is 5.73 Å². The Labute approximate surface area is 140 Å². The van der Waals surface area contributed by atoms with Crippen LogP contribution < -0.4 is 5.73 Å². The van der Waals surface area contributed by atoms with Crippen LogP contribution in [0.2, 0.25) is 0 Å². The number of fused-ring (bicyclic) bond motifs is 1. The van der Waals surface area contributed by atoms with E-state index in [1.165, 1.54) is 64.2 Å². The molecule has 6 unspecified atom stereocenters. The first kappa shape index (κ1) is 18.3. The Bertz CT molecular complexity index is 396. The lowest BCUT2D eigenvalue weighted by Gasteiger charge is -2.45. The van der Waals surface area contributed by atoms with Gasteiger partial charge in [-0.1, -0.05) is 38.5 Å². The third-order valence-electron chi connectivity index (χ3n) is 6.12. The first-order chi connectivity index (χ1) is 10.6. The Morgan fingerprint density at radius 3 is 2.73 bits per heavy atom. The second-order valence-electron chi connectivity index (χ2n) is 7.88. The van der Waals surface area contributed by atoms with E-state index in [0.29, 0.717) is 17.0 Å². The summed E-state index contributed by atoms with van der Waals surface area (Å²) in [6.07, 6.45) is 13.2. The maximum Gasteiger partial charge on any atom is 0.0205 e. The van der Waals surface area contributed by atoms with E-state index in [0.717, 1.165) is 18.4 Å². The third-order valence-corrected chi connectivity index (χ3v) is 6.88. The van der Waals surface area contributed by atoms with Crippen molar-refractivity contribution in [3.63, 3.8) is 0 Å². The van der Waals surface area contributed by atoms with Gasteiger partial charge in [0.1, 0.15) is 0 Å². The van der Waals surface area contributed by atoms with Crippen molar-refractivity contribution in [3.05, 3.63) is 0 Å². The fourth-order valence-electron chi connectivity index (χ4n) is 4.43. The van der Waals surface area contributed by atoms with Crippen molar-refractivity contribution in [2.75, 3.05) is 6.54 Å². The van der Waals surface area contributed by atoms with E-state index in [9.17, 15) is 0 Å². The molecule has 6 atom stereocenters. The van der Waals surface area contributed by atoms with E-state index in [-0.39, 0.29) is 0 Å². The van der Waals surface area contributed by atoms with Gasteiger partial charge >= 0.3 is 0 Å². The minimum Gasteiger partial charge on any atom is -0.330 e. The smallest absolute Gasteiger partial charge is 0.0205 e. The quantitative estimate of drug-likeness (QED) is 0.560. The van der Waals surface area contributed by atoms with Gasteiger partial charge in [-0.2, -0.15) is 0 Å². The fraction of sp³-hybridized carbons (Fsp3) is 0.900. The molecule has 0 radical (unpaired) electrons. The molecule has 0 aromatic rings. The SMILES string of the molecule is CCCCC(C#CC1CCC2CC(P)(CN)CCC2C1)CC. The molecule has 2 saturated carbocycles. The predicted octanol–water partition coefficient (Wildman–Crippen LogP) is 5.00. The van der Waals surface area contributed by atoms with Crippen LogP contribution in [0, 0.1) is 35.5 Å². The van der Waals surface area contributed by atoms with Gasteiger partial charge in [-0.05, 0) is 68.4 Å². The molecule has 1 nitrogen and oxygen atoms in total. The summed E-state index contributed by atoms with van der Waals surface area (Å²) in [7, 11) is 3.07. The average molecular weight is 321 g/mol. The van der Waals surface area contributed by atoms with Crippen LogP contribution in [-0.2, 0) is 0 Å². The molecule has 126 valence electrons. The standard InChI is InChI=1S/C20H36NP/c1-3-5-6-16(4-2)7-8-17-9-10-19-14-20(22,15-21)12-11-18(19)13-17/h16-19H,3-6,9-15,21-22H2,1-2H3. The van der Waals surface area contributed by atoms with Crippen molar-refractivity contribution >= 4 is 9.24 Å². The molecule has 0 saturated heterocycles. The highest BCUT2D eigenvalue weighted by atomic mass is 31.0. The van der Waals surface area contributed by atoms with Crippen molar-refractivity contribution in [1.29, 1.82) is 0 Å². The molecule has 2 heteroatoms. The number of unbranched alkanes of at least 4 members (excludes halogenated alkanes) is 1. The predicted molar refractivity (Wildman–Crippen MR) is 101 cm³/mol. The summed E-state index contributed by atoms with van der Waals surface area (Å²) >= 11 is 0. The molecule has 2 aliphatic carbocycles. The zero-order valence-electron chi connectivity index (χ0n) is 14.7. The van der Waals surface area contributed by atoms with Gasteiger partial charge in [0, 0.05) is 18.4 Å². The van der Waals surface area contributed by atoms with E-state index in [1.54, 1.807) is 0 Å². The number of hydrogen-bond acceptors (Lipinski definition) is 1. The third kappa shape index (κ3) is 4.97. The van der Waals surface area contributed by atoms with E-state index >= 15 is 0 Å². The topological polar surface area (TPSA) is 26.0 Å². The second kappa shape index (κ2) is 8.70. The summed E-state index contributed by atoms with van der Waals surface area (Å²) in [5.41, 5.74) is 5.98. The first-order valence-electron chi connectivity index (χ1n) is 9.60. The summed E-state index contributed by atoms with van der Waals surface area (Å²) in [5, 5.41) is 0.340. The number of rotatable bonds is 5. The first-order valence-corrected chi connectivity index (χ1v) is 10.2. The highest BCUT2D eigenvalue weighted by Crippen LogP contribution is 2.48. The lowest BCUT2D eigenvalue weighted by Crippen LogP contribution is -2.42. The van der Waals surface area contributed by atoms with Crippen LogP contribution in [0.1, 0.15) is 78.1 Å². The largest absolute Gasteiger partial charge is 0.330 e. The maximum absolute atomic E-state index is 5.98. The Balaban J connectivity index is 1.86. The van der Waals surface area contributed by atoms with Crippen molar-refractivity contribution in [2.24, 2.45) is 29.4 Å². The molecular weight excluding hydrogens is 285 g/mol. The summed E-state index contributed by atoms with van der Waals surface area (Å²) in [4.78, 5) is 0. The van der Waals surface area contributed by atoms with Gasteiger partial charge in [0.2, 0.25) is 0 Å². The van der Waals surface area contributed by atoms with Gasteiger partial charge in [0.15, 0.2) is 0 Å². The van der Waals surface area contributed by atoms with Crippen LogP contribution in [0.15, 0.2) is 0 Å². The molecule has 22 heavy (non-hydrogen) atoms. The van der Waals surface area contributed by atoms with Crippen LogP contribution in [-0.4, -0.2) is 11.7 Å². The molecule has 2 rings (SSSR count). The normalized spacial score (nSPS) is 36.1. The second-order valence-corrected chi connectivity index (χ2v) is 9.10. The molecule has 2 N–H and O–H groups in total. The van der Waals surface area contributed by atoms with Gasteiger partial charge in [-0.15, -0.1) is 9.24 Å². The molecule has 0 spiro atoms. The molecule has 2 aliphatic rings. The van der Waals surface area contributed by atoms with Crippen molar-refractivity contribution in [2.45, 2.75) is 83.2 Å². The minimum absolute atomic E-state index is 0.340. The lowest BCUT2D eigenvalue weighted by molar-refractivity contribution is 0.128.